The second kappa shape index (κ2) is 6.72. The minimum Gasteiger partial charge on any atom is -0.480 e. The highest BCUT2D eigenvalue weighted by atomic mass is 16.4. The van der Waals surface area contributed by atoms with Crippen LogP contribution >= 0.6 is 0 Å². The minimum atomic E-state index is -1.07. The van der Waals surface area contributed by atoms with Gasteiger partial charge in [0.2, 0.25) is 5.91 Å². The van der Waals surface area contributed by atoms with Crippen molar-refractivity contribution < 1.29 is 19.5 Å². The molecule has 2 unspecified atom stereocenters. The number of nitrogens with one attached hydrogen (secondary N) is 2. The van der Waals surface area contributed by atoms with Gasteiger partial charge in [-0.1, -0.05) is 6.92 Å². The van der Waals surface area contributed by atoms with Crippen molar-refractivity contribution in [3.8, 4) is 0 Å². The van der Waals surface area contributed by atoms with Crippen LogP contribution in [0.1, 0.15) is 20.3 Å². The monoisotopic (exact) mass is 245 g/mol. The third kappa shape index (κ3) is 4.29. The van der Waals surface area contributed by atoms with Gasteiger partial charge in [-0.2, -0.15) is 0 Å². The van der Waals surface area contributed by atoms with Crippen molar-refractivity contribution in [1.29, 1.82) is 0 Å². The quantitative estimate of drug-likeness (QED) is 0.615. The molecule has 0 aliphatic heterocycles. The minimum absolute atomic E-state index is 0.299. The zero-order valence-corrected chi connectivity index (χ0v) is 10.5. The fourth-order valence-electron chi connectivity index (χ4n) is 1.32. The Balaban J connectivity index is 4.50. The summed E-state index contributed by atoms with van der Waals surface area (Å²) in [7, 11) is 2.84. The second-order valence-corrected chi connectivity index (χ2v) is 3.66. The van der Waals surface area contributed by atoms with Crippen LogP contribution in [0.4, 0.5) is 4.79 Å². The molecule has 0 heterocycles. The van der Waals surface area contributed by atoms with Gasteiger partial charge in [0.15, 0.2) is 0 Å². The molecule has 17 heavy (non-hydrogen) atoms. The van der Waals surface area contributed by atoms with E-state index >= 15 is 0 Å². The highest BCUT2D eigenvalue weighted by molar-refractivity contribution is 5.88. The number of amides is 3. The molecule has 98 valence electrons. The van der Waals surface area contributed by atoms with E-state index in [1.54, 1.807) is 6.92 Å². The van der Waals surface area contributed by atoms with Gasteiger partial charge >= 0.3 is 12.0 Å². The molecule has 0 bridgehead atoms. The van der Waals surface area contributed by atoms with Crippen LogP contribution in [0.15, 0.2) is 0 Å². The first-order chi connectivity index (χ1) is 7.84. The largest absolute Gasteiger partial charge is 0.480 e. The molecule has 0 aromatic rings. The van der Waals surface area contributed by atoms with Gasteiger partial charge in [0, 0.05) is 14.1 Å². The number of aliphatic carboxylic acids is 1. The average molecular weight is 245 g/mol. The van der Waals surface area contributed by atoms with Crippen LogP contribution in [0.2, 0.25) is 0 Å². The van der Waals surface area contributed by atoms with Gasteiger partial charge < -0.3 is 20.6 Å². The number of carbonyl (C=O) groups is 3. The molecule has 3 N–H and O–H groups in total. The molecule has 0 aliphatic rings. The summed E-state index contributed by atoms with van der Waals surface area (Å²) in [4.78, 5) is 34.8. The molecular formula is C10H19N3O4. The number of carboxylic acid groups (broad SMARTS) is 1. The number of carbonyl (C=O) groups excluding carboxylic acids is 2. The molecule has 0 saturated heterocycles. The maximum Gasteiger partial charge on any atom is 0.326 e. The third-order valence-electron chi connectivity index (χ3n) is 2.44. The Morgan fingerprint density at radius 1 is 1.35 bits per heavy atom. The molecule has 0 spiro atoms. The normalized spacial score (nSPS) is 13.4. The zero-order valence-electron chi connectivity index (χ0n) is 10.5. The summed E-state index contributed by atoms with van der Waals surface area (Å²) in [6.07, 6.45) is 0.299. The first-order valence-electron chi connectivity index (χ1n) is 5.32. The summed E-state index contributed by atoms with van der Waals surface area (Å²) >= 11 is 0. The lowest BCUT2D eigenvalue weighted by Gasteiger charge is -2.25. The number of rotatable bonds is 5. The number of urea groups is 1. The van der Waals surface area contributed by atoms with Crippen LogP contribution < -0.4 is 10.6 Å². The van der Waals surface area contributed by atoms with Gasteiger partial charge in [-0.3, -0.25) is 4.79 Å². The predicted molar refractivity (Wildman–Crippen MR) is 61.5 cm³/mol. The van der Waals surface area contributed by atoms with E-state index in [4.69, 9.17) is 5.11 Å². The maximum absolute atomic E-state index is 11.7. The standard InChI is InChI=1S/C10H19N3O4/c1-5-7(9(15)16)13(4)10(17)12-6(2)8(14)11-3/h6-7H,5H2,1-4H3,(H,11,14)(H,12,17)(H,15,16). The molecule has 0 rings (SSSR count). The van der Waals surface area contributed by atoms with Gasteiger partial charge in [0.25, 0.3) is 0 Å². The van der Waals surface area contributed by atoms with E-state index in [9.17, 15) is 14.4 Å². The Bertz CT molecular complexity index is 306. The Morgan fingerprint density at radius 3 is 2.24 bits per heavy atom. The van der Waals surface area contributed by atoms with E-state index in [1.165, 1.54) is 21.0 Å². The number of hydrogen-bond donors (Lipinski definition) is 3. The highest BCUT2D eigenvalue weighted by Crippen LogP contribution is 2.02. The third-order valence-corrected chi connectivity index (χ3v) is 2.44. The van der Waals surface area contributed by atoms with Crippen molar-refractivity contribution in [2.24, 2.45) is 0 Å². The fourth-order valence-corrected chi connectivity index (χ4v) is 1.32. The van der Waals surface area contributed by atoms with E-state index < -0.39 is 24.1 Å². The second-order valence-electron chi connectivity index (χ2n) is 3.66. The first-order valence-corrected chi connectivity index (χ1v) is 5.32. The van der Waals surface area contributed by atoms with Crippen LogP contribution in [-0.4, -0.2) is 54.1 Å². The average Bonchev–Trinajstić information content (AvgIpc) is 2.27. The summed E-state index contributed by atoms with van der Waals surface area (Å²) in [6, 6.07) is -2.19. The first kappa shape index (κ1) is 15.2. The number of nitrogens with zero attached hydrogens (tertiary/aromatic N) is 1. The topological polar surface area (TPSA) is 98.7 Å². The van der Waals surface area contributed by atoms with E-state index in [2.05, 4.69) is 10.6 Å². The molecule has 7 heteroatoms. The molecular weight excluding hydrogens is 226 g/mol. The molecule has 7 nitrogen and oxygen atoms in total. The molecule has 0 radical (unpaired) electrons. The van der Waals surface area contributed by atoms with Gasteiger partial charge in [-0.25, -0.2) is 9.59 Å². The molecule has 2 atom stereocenters. The van der Waals surface area contributed by atoms with Gasteiger partial charge in [-0.15, -0.1) is 0 Å². The molecule has 0 aromatic carbocycles. The van der Waals surface area contributed by atoms with Crippen molar-refractivity contribution >= 4 is 17.9 Å². The lowest BCUT2D eigenvalue weighted by molar-refractivity contribution is -0.141. The fraction of sp³-hybridized carbons (Fsp3) is 0.700. The van der Waals surface area contributed by atoms with Crippen LogP contribution in [0, 0.1) is 0 Å². The van der Waals surface area contributed by atoms with Gasteiger partial charge in [0.1, 0.15) is 12.1 Å². The molecule has 3 amide bonds. The number of hydrogen-bond acceptors (Lipinski definition) is 3. The van der Waals surface area contributed by atoms with Gasteiger partial charge in [0.05, 0.1) is 0 Å². The lowest BCUT2D eigenvalue weighted by Crippen LogP contribution is -2.52. The Kier molecular flexibility index (Phi) is 6.01. The van der Waals surface area contributed by atoms with Crippen LogP contribution in [0.25, 0.3) is 0 Å². The van der Waals surface area contributed by atoms with Crippen molar-refractivity contribution in [1.82, 2.24) is 15.5 Å². The Morgan fingerprint density at radius 2 is 1.88 bits per heavy atom. The van der Waals surface area contributed by atoms with Crippen molar-refractivity contribution in [3.05, 3.63) is 0 Å². The van der Waals surface area contributed by atoms with Gasteiger partial charge in [-0.05, 0) is 13.3 Å². The van der Waals surface area contributed by atoms with Crippen LogP contribution in [-0.2, 0) is 9.59 Å². The summed E-state index contributed by atoms with van der Waals surface area (Å²) in [6.45, 7) is 3.19. The Labute approximate surface area is 100 Å². The van der Waals surface area contributed by atoms with Crippen LogP contribution in [0.5, 0.6) is 0 Å². The lowest BCUT2D eigenvalue weighted by atomic mass is 10.2. The number of carboxylic acids is 1. The predicted octanol–water partition coefficient (Wildman–Crippen LogP) is -0.374. The smallest absolute Gasteiger partial charge is 0.326 e. The van der Waals surface area contributed by atoms with Crippen LogP contribution in [0.3, 0.4) is 0 Å². The summed E-state index contributed by atoms with van der Waals surface area (Å²) in [5.74, 6) is -1.41. The van der Waals surface area contributed by atoms with E-state index in [1.807, 2.05) is 0 Å². The summed E-state index contributed by atoms with van der Waals surface area (Å²) < 4.78 is 0. The molecule has 0 fully saturated rings. The highest BCUT2D eigenvalue weighted by Gasteiger charge is 2.26. The zero-order chi connectivity index (χ0) is 13.6. The van der Waals surface area contributed by atoms with Crippen molar-refractivity contribution in [2.45, 2.75) is 32.4 Å². The molecule has 0 aliphatic carbocycles. The molecule has 0 saturated carbocycles. The van der Waals surface area contributed by atoms with E-state index in [0.717, 1.165) is 4.90 Å². The molecule has 0 aromatic heterocycles. The SMILES string of the molecule is CCC(C(=O)O)N(C)C(=O)NC(C)C(=O)NC. The summed E-state index contributed by atoms with van der Waals surface area (Å²) in [5, 5.41) is 13.7. The maximum atomic E-state index is 11.7. The van der Waals surface area contributed by atoms with Crippen molar-refractivity contribution in [2.75, 3.05) is 14.1 Å². The van der Waals surface area contributed by atoms with Crippen molar-refractivity contribution in [3.63, 3.8) is 0 Å². The van der Waals surface area contributed by atoms with E-state index in [-0.39, 0.29) is 5.91 Å². The number of likely N-dealkylation sites (N-methyl/N-ethyl adjacent to an activating group) is 2. The summed E-state index contributed by atoms with van der Waals surface area (Å²) in [5.41, 5.74) is 0. The Hall–Kier alpha value is -1.79. The van der Waals surface area contributed by atoms with E-state index in [0.29, 0.717) is 6.42 Å².